The Kier molecular flexibility index (Phi) is 5.91. The van der Waals surface area contributed by atoms with Gasteiger partial charge in [0.25, 0.3) is 0 Å². The Balaban J connectivity index is 1.28. The number of nitrogens with one attached hydrogen (secondary N) is 1. The van der Waals surface area contributed by atoms with Crippen LogP contribution in [-0.4, -0.2) is 53.4 Å². The van der Waals surface area contributed by atoms with Gasteiger partial charge in [0.15, 0.2) is 11.6 Å². The molecule has 41 heavy (non-hydrogen) atoms. The van der Waals surface area contributed by atoms with E-state index in [0.717, 1.165) is 86.1 Å². The standard InChI is InChI=1S/C33H40BN5O2/c1-41-29-14-22(31(40)24-15-23-8-9-25(24)33(23,34)35)12-26-30(29)39(18-20-10-11-36-16-20)32(37-26)28-13-21-4-2-3-5-27(21)38(28)17-19-6-7-19/h2-5,12-14,19-20,23-25,36H,6-11,15-18,34-35H2,1H3/t20-,23?,24?,25?,33-/m0/s1. The monoisotopic (exact) mass is 549 g/mol. The molecule has 4 aromatic rings. The van der Waals surface area contributed by atoms with Gasteiger partial charge in [0.2, 0.25) is 0 Å². The molecule has 7 nitrogen and oxygen atoms in total. The molecule has 3 unspecified atom stereocenters. The quantitative estimate of drug-likeness (QED) is 0.254. The number of Topliss-reactive ketones (excluding diaryl/α,β-unsaturated/α-hetero) is 1. The number of hydrogen-bond donors (Lipinski definition) is 2. The maximum atomic E-state index is 14.0. The third kappa shape index (κ3) is 4.09. The van der Waals surface area contributed by atoms with Crippen LogP contribution in [0.2, 0.25) is 0 Å². The highest BCUT2D eigenvalue weighted by atomic mass is 16.5. The molecule has 0 spiro atoms. The number of ether oxygens (including phenoxy) is 1. The average molecular weight is 550 g/mol. The molecule has 1 saturated heterocycles. The number of ketones is 1. The van der Waals surface area contributed by atoms with Gasteiger partial charge in [-0.1, -0.05) is 18.2 Å². The van der Waals surface area contributed by atoms with Gasteiger partial charge in [-0.3, -0.25) is 4.79 Å². The molecule has 4 aliphatic rings. The fraction of sp³-hybridized carbons (Fsp3) is 0.515. The first-order valence-electron chi connectivity index (χ1n) is 15.6. The molecule has 8 rings (SSSR count). The smallest absolute Gasteiger partial charge is 0.166 e. The number of fused-ring (bicyclic) bond motifs is 4. The van der Waals surface area contributed by atoms with E-state index in [1.807, 2.05) is 12.1 Å². The van der Waals surface area contributed by atoms with Crippen LogP contribution in [-0.2, 0) is 13.1 Å². The van der Waals surface area contributed by atoms with Crippen molar-refractivity contribution in [3.05, 3.63) is 48.0 Å². The van der Waals surface area contributed by atoms with Gasteiger partial charge in [0, 0.05) is 35.5 Å². The fourth-order valence-electron chi connectivity index (χ4n) is 8.47. The van der Waals surface area contributed by atoms with Gasteiger partial charge in [0.05, 0.1) is 18.3 Å². The molecular weight excluding hydrogens is 509 g/mol. The largest absolute Gasteiger partial charge is 0.494 e. The van der Waals surface area contributed by atoms with Crippen molar-refractivity contribution in [3.8, 4) is 17.3 Å². The Morgan fingerprint density at radius 2 is 1.93 bits per heavy atom. The second-order valence-electron chi connectivity index (χ2n) is 13.5. The SMILES string of the molecule is B[C@]1(N)C2CCC1C(C(=O)c1cc(OC)c3c(c1)nc(-c1cc4ccccc4n1CC1CC1)n3C[C@H]1CCNC1)C2. The van der Waals surface area contributed by atoms with Crippen molar-refractivity contribution in [1.82, 2.24) is 19.4 Å². The first-order chi connectivity index (χ1) is 19.9. The summed E-state index contributed by atoms with van der Waals surface area (Å²) >= 11 is 0. The number of methoxy groups -OCH3 is 1. The molecule has 2 aromatic heterocycles. The van der Waals surface area contributed by atoms with E-state index >= 15 is 0 Å². The molecule has 212 valence electrons. The van der Waals surface area contributed by atoms with E-state index in [4.69, 9.17) is 15.5 Å². The summed E-state index contributed by atoms with van der Waals surface area (Å²) in [5.41, 5.74) is 11.4. The Labute approximate surface area is 242 Å². The van der Waals surface area contributed by atoms with Gasteiger partial charge in [-0.25, -0.2) is 4.98 Å². The molecule has 2 aromatic carbocycles. The molecule has 3 heterocycles. The van der Waals surface area contributed by atoms with E-state index in [2.05, 4.69) is 52.6 Å². The summed E-state index contributed by atoms with van der Waals surface area (Å²) < 4.78 is 10.9. The number of para-hydroxylation sites is 1. The number of rotatable bonds is 8. The number of nitrogens with zero attached hydrogens (tertiary/aromatic N) is 3. The summed E-state index contributed by atoms with van der Waals surface area (Å²) in [6.45, 7) is 3.93. The Morgan fingerprint density at radius 1 is 1.10 bits per heavy atom. The van der Waals surface area contributed by atoms with E-state index < -0.39 is 0 Å². The maximum absolute atomic E-state index is 14.0. The lowest BCUT2D eigenvalue weighted by molar-refractivity contribution is 0.0870. The molecule has 4 fully saturated rings. The number of carbonyl (C=O) groups excluding carboxylic acids is 1. The van der Waals surface area contributed by atoms with Crippen LogP contribution in [0.15, 0.2) is 42.5 Å². The number of nitrogens with two attached hydrogens (primary N) is 1. The van der Waals surface area contributed by atoms with E-state index in [-0.39, 0.29) is 23.1 Å². The minimum absolute atomic E-state index is 0.0156. The lowest BCUT2D eigenvalue weighted by atomic mass is 9.69. The van der Waals surface area contributed by atoms with Gasteiger partial charge in [-0.2, -0.15) is 0 Å². The molecule has 3 saturated carbocycles. The Bertz CT molecular complexity index is 1660. The van der Waals surface area contributed by atoms with Crippen molar-refractivity contribution in [1.29, 1.82) is 0 Å². The second-order valence-corrected chi connectivity index (χ2v) is 13.5. The van der Waals surface area contributed by atoms with Crippen molar-refractivity contribution in [3.63, 3.8) is 0 Å². The normalized spacial score (nSPS) is 29.2. The maximum Gasteiger partial charge on any atom is 0.166 e. The molecule has 1 aliphatic heterocycles. The number of hydrogen-bond acceptors (Lipinski definition) is 5. The highest BCUT2D eigenvalue weighted by Gasteiger charge is 2.55. The lowest BCUT2D eigenvalue weighted by Gasteiger charge is -2.26. The van der Waals surface area contributed by atoms with Crippen LogP contribution >= 0.6 is 0 Å². The first kappa shape index (κ1) is 25.6. The number of aromatic nitrogens is 3. The zero-order valence-electron chi connectivity index (χ0n) is 24.2. The first-order valence-corrected chi connectivity index (χ1v) is 15.6. The minimum Gasteiger partial charge on any atom is -0.494 e. The van der Waals surface area contributed by atoms with Crippen LogP contribution in [0.5, 0.6) is 5.75 Å². The zero-order valence-corrected chi connectivity index (χ0v) is 24.2. The third-order valence-corrected chi connectivity index (χ3v) is 11.0. The van der Waals surface area contributed by atoms with Gasteiger partial charge in [0.1, 0.15) is 19.1 Å². The summed E-state index contributed by atoms with van der Waals surface area (Å²) in [5.74, 6) is 3.84. The lowest BCUT2D eigenvalue weighted by Crippen LogP contribution is -2.46. The summed E-state index contributed by atoms with van der Waals surface area (Å²) in [7, 11) is 3.87. The number of benzene rings is 2. The van der Waals surface area contributed by atoms with Crippen molar-refractivity contribution >= 4 is 35.6 Å². The molecule has 0 amide bonds. The topological polar surface area (TPSA) is 87.1 Å². The van der Waals surface area contributed by atoms with E-state index in [1.54, 1.807) is 7.11 Å². The van der Waals surface area contributed by atoms with Crippen molar-refractivity contribution in [2.75, 3.05) is 20.2 Å². The minimum atomic E-state index is -0.243. The van der Waals surface area contributed by atoms with Crippen molar-refractivity contribution in [2.24, 2.45) is 35.3 Å². The summed E-state index contributed by atoms with van der Waals surface area (Å²) in [5, 5.41) is 4.78. The predicted molar refractivity (Wildman–Crippen MR) is 165 cm³/mol. The molecule has 3 aliphatic carbocycles. The van der Waals surface area contributed by atoms with Crippen LogP contribution in [0.25, 0.3) is 33.5 Å². The molecule has 5 atom stereocenters. The highest BCUT2D eigenvalue weighted by molar-refractivity contribution is 6.17. The summed E-state index contributed by atoms with van der Waals surface area (Å²) in [6, 6.07) is 15.0. The van der Waals surface area contributed by atoms with Crippen LogP contribution in [0, 0.1) is 29.6 Å². The molecule has 3 N–H and O–H groups in total. The van der Waals surface area contributed by atoms with Crippen molar-refractivity contribution in [2.45, 2.75) is 57.1 Å². The van der Waals surface area contributed by atoms with Crippen LogP contribution in [0.4, 0.5) is 0 Å². The predicted octanol–water partition coefficient (Wildman–Crippen LogP) is 4.20. The van der Waals surface area contributed by atoms with E-state index in [9.17, 15) is 4.79 Å². The summed E-state index contributed by atoms with van der Waals surface area (Å²) in [6.07, 6.45) is 6.81. The van der Waals surface area contributed by atoms with E-state index in [0.29, 0.717) is 17.4 Å². The van der Waals surface area contributed by atoms with Crippen LogP contribution in [0.3, 0.4) is 0 Å². The molecule has 0 radical (unpaired) electrons. The Hall–Kier alpha value is -3.10. The van der Waals surface area contributed by atoms with Crippen molar-refractivity contribution < 1.29 is 9.53 Å². The summed E-state index contributed by atoms with van der Waals surface area (Å²) in [4.78, 5) is 19.3. The number of imidazole rings is 1. The molecular formula is C33H40BN5O2. The van der Waals surface area contributed by atoms with Gasteiger partial charge in [-0.15, -0.1) is 0 Å². The molecule has 2 bridgehead atoms. The van der Waals surface area contributed by atoms with Gasteiger partial charge in [-0.05, 0) is 105 Å². The number of carbonyl (C=O) groups is 1. The molecule has 8 heteroatoms. The zero-order chi connectivity index (χ0) is 27.9. The average Bonchev–Trinajstić information content (AvgIpc) is 3.28. The highest BCUT2D eigenvalue weighted by Crippen LogP contribution is 2.53. The van der Waals surface area contributed by atoms with Gasteiger partial charge >= 0.3 is 0 Å². The fourth-order valence-corrected chi connectivity index (χ4v) is 8.47. The Morgan fingerprint density at radius 3 is 2.63 bits per heavy atom. The third-order valence-electron chi connectivity index (χ3n) is 11.0. The van der Waals surface area contributed by atoms with E-state index in [1.165, 1.54) is 23.7 Å². The van der Waals surface area contributed by atoms with Gasteiger partial charge < -0.3 is 24.9 Å². The van der Waals surface area contributed by atoms with Crippen LogP contribution in [0.1, 0.15) is 48.9 Å². The van der Waals surface area contributed by atoms with Crippen LogP contribution < -0.4 is 15.8 Å². The second kappa shape index (κ2) is 9.46.